The molecule has 0 saturated carbocycles. The van der Waals surface area contributed by atoms with E-state index in [2.05, 4.69) is 19.2 Å². The summed E-state index contributed by atoms with van der Waals surface area (Å²) in [6, 6.07) is 5.40. The molecular weight excluding hydrogens is 165 g/mol. The van der Waals surface area contributed by atoms with Crippen LogP contribution in [0.5, 0.6) is 0 Å². The van der Waals surface area contributed by atoms with Crippen molar-refractivity contribution in [3.8, 4) is 0 Å². The predicted molar refractivity (Wildman–Crippen MR) is 54.5 cm³/mol. The number of anilines is 1. The molecule has 1 rings (SSSR count). The molecule has 0 unspecified atom stereocenters. The molecule has 1 nitrogen and oxygen atoms in total. The smallest absolute Gasteiger partial charge is 0.125 e. The van der Waals surface area contributed by atoms with Crippen molar-refractivity contribution in [2.75, 3.05) is 5.32 Å². The van der Waals surface area contributed by atoms with Gasteiger partial charge in [-0.3, -0.25) is 0 Å². The SMILES string of the molecule is CC[C@H](C)Nc1cc(C)cc(F)c1. The monoisotopic (exact) mass is 181 g/mol. The highest BCUT2D eigenvalue weighted by Gasteiger charge is 2.00. The first-order valence-corrected chi connectivity index (χ1v) is 4.65. The average Bonchev–Trinajstić information content (AvgIpc) is 2.02. The van der Waals surface area contributed by atoms with Gasteiger partial charge in [-0.25, -0.2) is 4.39 Å². The minimum absolute atomic E-state index is 0.175. The summed E-state index contributed by atoms with van der Waals surface area (Å²) in [5.74, 6) is -0.175. The van der Waals surface area contributed by atoms with E-state index in [4.69, 9.17) is 0 Å². The number of rotatable bonds is 3. The molecule has 0 aliphatic heterocycles. The molecule has 0 bridgehead atoms. The number of nitrogens with one attached hydrogen (secondary N) is 1. The number of aryl methyl sites for hydroxylation is 1. The van der Waals surface area contributed by atoms with Gasteiger partial charge in [-0.05, 0) is 44.0 Å². The number of benzene rings is 1. The maximum Gasteiger partial charge on any atom is 0.125 e. The highest BCUT2D eigenvalue weighted by Crippen LogP contribution is 2.14. The van der Waals surface area contributed by atoms with E-state index < -0.39 is 0 Å². The van der Waals surface area contributed by atoms with Gasteiger partial charge < -0.3 is 5.32 Å². The quantitative estimate of drug-likeness (QED) is 0.754. The predicted octanol–water partition coefficient (Wildman–Crippen LogP) is 3.34. The molecule has 13 heavy (non-hydrogen) atoms. The Labute approximate surface area is 79.0 Å². The maximum atomic E-state index is 12.9. The van der Waals surface area contributed by atoms with Crippen molar-refractivity contribution >= 4 is 5.69 Å². The summed E-state index contributed by atoms with van der Waals surface area (Å²) in [6.45, 7) is 6.08. The van der Waals surface area contributed by atoms with Crippen LogP contribution in [0.3, 0.4) is 0 Å². The fourth-order valence-electron chi connectivity index (χ4n) is 1.21. The molecule has 1 aromatic carbocycles. The number of halogens is 1. The van der Waals surface area contributed by atoms with Crippen LogP contribution in [0.2, 0.25) is 0 Å². The van der Waals surface area contributed by atoms with Crippen molar-refractivity contribution in [3.63, 3.8) is 0 Å². The summed E-state index contributed by atoms with van der Waals surface area (Å²) in [6.07, 6.45) is 1.04. The van der Waals surface area contributed by atoms with Crippen molar-refractivity contribution in [1.82, 2.24) is 0 Å². The summed E-state index contributed by atoms with van der Waals surface area (Å²) in [4.78, 5) is 0. The lowest BCUT2D eigenvalue weighted by molar-refractivity contribution is 0.626. The Hall–Kier alpha value is -1.05. The zero-order valence-electron chi connectivity index (χ0n) is 8.39. The molecule has 2 heteroatoms. The first kappa shape index (κ1) is 10.0. The van der Waals surface area contributed by atoms with Crippen LogP contribution in [-0.4, -0.2) is 6.04 Å². The molecule has 0 fully saturated rings. The summed E-state index contributed by atoms with van der Waals surface area (Å²) in [7, 11) is 0. The van der Waals surface area contributed by atoms with Crippen LogP contribution in [0.25, 0.3) is 0 Å². The molecule has 72 valence electrons. The maximum absolute atomic E-state index is 12.9. The Morgan fingerprint density at radius 3 is 2.62 bits per heavy atom. The molecular formula is C11H16FN. The number of hydrogen-bond acceptors (Lipinski definition) is 1. The summed E-state index contributed by atoms with van der Waals surface area (Å²) < 4.78 is 12.9. The zero-order valence-corrected chi connectivity index (χ0v) is 8.39. The minimum Gasteiger partial charge on any atom is -0.383 e. The lowest BCUT2D eigenvalue weighted by atomic mass is 10.2. The molecule has 0 spiro atoms. The first-order chi connectivity index (χ1) is 6.11. The standard InChI is InChI=1S/C11H16FN/c1-4-9(3)13-11-6-8(2)5-10(12)7-11/h5-7,9,13H,4H2,1-3H3/t9-/m0/s1. The highest BCUT2D eigenvalue weighted by molar-refractivity contribution is 5.46. The van der Waals surface area contributed by atoms with Gasteiger partial charge in [0.1, 0.15) is 5.82 Å². The van der Waals surface area contributed by atoms with Crippen LogP contribution < -0.4 is 5.32 Å². The molecule has 0 heterocycles. The Kier molecular flexibility index (Phi) is 3.29. The van der Waals surface area contributed by atoms with E-state index in [1.165, 1.54) is 12.1 Å². The van der Waals surface area contributed by atoms with E-state index in [0.29, 0.717) is 6.04 Å². The number of hydrogen-bond donors (Lipinski definition) is 1. The fourth-order valence-corrected chi connectivity index (χ4v) is 1.21. The Bertz CT molecular complexity index is 263. The second-order valence-corrected chi connectivity index (χ2v) is 3.47. The molecule has 1 aromatic rings. The normalized spacial score (nSPS) is 12.6. The Morgan fingerprint density at radius 1 is 1.38 bits per heavy atom. The van der Waals surface area contributed by atoms with E-state index in [1.54, 1.807) is 0 Å². The summed E-state index contributed by atoms with van der Waals surface area (Å²) in [5.41, 5.74) is 1.82. The molecule has 0 aliphatic rings. The third kappa shape index (κ3) is 3.05. The summed E-state index contributed by atoms with van der Waals surface area (Å²) in [5, 5.41) is 3.23. The van der Waals surface area contributed by atoms with Crippen molar-refractivity contribution in [3.05, 3.63) is 29.6 Å². The highest BCUT2D eigenvalue weighted by atomic mass is 19.1. The van der Waals surface area contributed by atoms with E-state index in [-0.39, 0.29) is 5.82 Å². The molecule has 1 atom stereocenters. The Morgan fingerprint density at radius 2 is 2.08 bits per heavy atom. The summed E-state index contributed by atoms with van der Waals surface area (Å²) >= 11 is 0. The second-order valence-electron chi connectivity index (χ2n) is 3.47. The fraction of sp³-hybridized carbons (Fsp3) is 0.455. The molecule has 0 aromatic heterocycles. The molecule has 0 aliphatic carbocycles. The van der Waals surface area contributed by atoms with E-state index in [0.717, 1.165) is 17.7 Å². The molecule has 0 radical (unpaired) electrons. The van der Waals surface area contributed by atoms with Gasteiger partial charge in [-0.15, -0.1) is 0 Å². The van der Waals surface area contributed by atoms with Gasteiger partial charge in [0, 0.05) is 11.7 Å². The van der Waals surface area contributed by atoms with Crippen LogP contribution in [0.4, 0.5) is 10.1 Å². The Balaban J connectivity index is 2.77. The van der Waals surface area contributed by atoms with Crippen LogP contribution in [0.15, 0.2) is 18.2 Å². The van der Waals surface area contributed by atoms with E-state index >= 15 is 0 Å². The van der Waals surface area contributed by atoms with Crippen LogP contribution >= 0.6 is 0 Å². The molecule has 1 N–H and O–H groups in total. The average molecular weight is 181 g/mol. The van der Waals surface area contributed by atoms with Gasteiger partial charge in [0.15, 0.2) is 0 Å². The second kappa shape index (κ2) is 4.26. The topological polar surface area (TPSA) is 12.0 Å². The van der Waals surface area contributed by atoms with Gasteiger partial charge in [0.2, 0.25) is 0 Å². The third-order valence-corrected chi connectivity index (χ3v) is 2.07. The first-order valence-electron chi connectivity index (χ1n) is 4.65. The largest absolute Gasteiger partial charge is 0.383 e. The van der Waals surface area contributed by atoms with Gasteiger partial charge in [-0.1, -0.05) is 6.92 Å². The van der Waals surface area contributed by atoms with Crippen LogP contribution in [-0.2, 0) is 0 Å². The molecule has 0 saturated heterocycles. The minimum atomic E-state index is -0.175. The van der Waals surface area contributed by atoms with Crippen molar-refractivity contribution < 1.29 is 4.39 Å². The van der Waals surface area contributed by atoms with Gasteiger partial charge in [-0.2, -0.15) is 0 Å². The van der Waals surface area contributed by atoms with Crippen molar-refractivity contribution in [1.29, 1.82) is 0 Å². The lowest BCUT2D eigenvalue weighted by Gasteiger charge is -2.13. The lowest BCUT2D eigenvalue weighted by Crippen LogP contribution is -2.13. The van der Waals surface area contributed by atoms with E-state index in [9.17, 15) is 4.39 Å². The van der Waals surface area contributed by atoms with Crippen LogP contribution in [0.1, 0.15) is 25.8 Å². The van der Waals surface area contributed by atoms with Crippen LogP contribution in [0, 0.1) is 12.7 Å². The van der Waals surface area contributed by atoms with Crippen molar-refractivity contribution in [2.45, 2.75) is 33.2 Å². The van der Waals surface area contributed by atoms with Gasteiger partial charge in [0.25, 0.3) is 0 Å². The third-order valence-electron chi connectivity index (χ3n) is 2.07. The van der Waals surface area contributed by atoms with Gasteiger partial charge >= 0.3 is 0 Å². The zero-order chi connectivity index (χ0) is 9.84. The molecule has 0 amide bonds. The van der Waals surface area contributed by atoms with Crippen molar-refractivity contribution in [2.24, 2.45) is 0 Å². The van der Waals surface area contributed by atoms with Gasteiger partial charge in [0.05, 0.1) is 0 Å². The van der Waals surface area contributed by atoms with E-state index in [1.807, 2.05) is 13.0 Å².